The molecule has 0 atom stereocenters. The summed E-state index contributed by atoms with van der Waals surface area (Å²) in [4.78, 5) is 15.5. The SMILES string of the molecule is CCc1ccc(/C=N\NC(=O)c2csc(C(C)C)c2)s1. The second-order valence-corrected chi connectivity index (χ2v) is 6.89. The number of hydrogen-bond acceptors (Lipinski definition) is 4. The number of carbonyl (C=O) groups excluding carboxylic acids is 1. The van der Waals surface area contributed by atoms with Crippen LogP contribution in [0.1, 0.15) is 51.7 Å². The maximum absolute atomic E-state index is 11.9. The molecule has 106 valence electrons. The van der Waals surface area contributed by atoms with Gasteiger partial charge >= 0.3 is 0 Å². The van der Waals surface area contributed by atoms with Crippen LogP contribution in [-0.4, -0.2) is 12.1 Å². The molecule has 0 saturated heterocycles. The molecule has 0 aliphatic rings. The van der Waals surface area contributed by atoms with Gasteiger partial charge in [-0.15, -0.1) is 22.7 Å². The van der Waals surface area contributed by atoms with Crippen molar-refractivity contribution in [1.82, 2.24) is 5.43 Å². The first-order valence-electron chi connectivity index (χ1n) is 6.60. The zero-order valence-electron chi connectivity index (χ0n) is 11.8. The molecule has 0 saturated carbocycles. The molecule has 0 aromatic carbocycles. The Kier molecular flexibility index (Phi) is 5.09. The van der Waals surface area contributed by atoms with Crippen LogP contribution < -0.4 is 5.43 Å². The molecule has 0 aliphatic carbocycles. The normalized spacial score (nSPS) is 11.4. The van der Waals surface area contributed by atoms with Gasteiger partial charge < -0.3 is 0 Å². The monoisotopic (exact) mass is 306 g/mol. The van der Waals surface area contributed by atoms with Gasteiger partial charge in [0.25, 0.3) is 5.91 Å². The minimum atomic E-state index is -0.156. The predicted octanol–water partition coefficient (Wildman–Crippen LogP) is 4.26. The molecular weight excluding hydrogens is 288 g/mol. The van der Waals surface area contributed by atoms with Crippen molar-refractivity contribution >= 4 is 34.8 Å². The van der Waals surface area contributed by atoms with E-state index in [1.165, 1.54) is 9.75 Å². The van der Waals surface area contributed by atoms with E-state index < -0.39 is 0 Å². The molecule has 1 amide bonds. The molecule has 0 fully saturated rings. The Balaban J connectivity index is 1.94. The zero-order valence-corrected chi connectivity index (χ0v) is 13.5. The van der Waals surface area contributed by atoms with E-state index in [-0.39, 0.29) is 5.91 Å². The van der Waals surface area contributed by atoms with Crippen molar-refractivity contribution in [1.29, 1.82) is 0 Å². The molecule has 0 unspecified atom stereocenters. The third-order valence-electron chi connectivity index (χ3n) is 2.84. The van der Waals surface area contributed by atoms with E-state index in [1.807, 2.05) is 17.5 Å². The summed E-state index contributed by atoms with van der Waals surface area (Å²) in [5, 5.41) is 5.89. The maximum atomic E-state index is 11.9. The van der Waals surface area contributed by atoms with Gasteiger partial charge in [0.05, 0.1) is 11.8 Å². The van der Waals surface area contributed by atoms with Gasteiger partial charge in [0.1, 0.15) is 0 Å². The van der Waals surface area contributed by atoms with Crippen molar-refractivity contribution in [3.8, 4) is 0 Å². The Hall–Kier alpha value is -1.46. The smallest absolute Gasteiger partial charge is 0.267 e. The lowest BCUT2D eigenvalue weighted by Gasteiger charge is -1.98. The van der Waals surface area contributed by atoms with E-state index in [0.717, 1.165) is 11.3 Å². The minimum absolute atomic E-state index is 0.156. The molecule has 2 aromatic heterocycles. The molecule has 5 heteroatoms. The van der Waals surface area contributed by atoms with Crippen LogP contribution in [0, 0.1) is 0 Å². The topological polar surface area (TPSA) is 41.5 Å². The van der Waals surface area contributed by atoms with Gasteiger partial charge in [-0.3, -0.25) is 4.79 Å². The van der Waals surface area contributed by atoms with Crippen molar-refractivity contribution in [2.45, 2.75) is 33.1 Å². The first kappa shape index (κ1) is 14.9. The van der Waals surface area contributed by atoms with Gasteiger partial charge in [0.2, 0.25) is 0 Å². The van der Waals surface area contributed by atoms with E-state index in [2.05, 4.69) is 37.4 Å². The molecule has 20 heavy (non-hydrogen) atoms. The molecule has 3 nitrogen and oxygen atoms in total. The Labute approximate surface area is 127 Å². The molecular formula is C15H18N2OS2. The van der Waals surface area contributed by atoms with Crippen molar-refractivity contribution in [2.24, 2.45) is 5.10 Å². The molecule has 1 N–H and O–H groups in total. The Bertz CT molecular complexity index is 611. The highest BCUT2D eigenvalue weighted by Crippen LogP contribution is 2.23. The number of hydrogen-bond donors (Lipinski definition) is 1. The van der Waals surface area contributed by atoms with Crippen LogP contribution in [0.15, 0.2) is 28.7 Å². The average Bonchev–Trinajstić information content (AvgIpc) is 3.07. The highest BCUT2D eigenvalue weighted by atomic mass is 32.1. The van der Waals surface area contributed by atoms with Gasteiger partial charge in [0.15, 0.2) is 0 Å². The molecule has 0 spiro atoms. The quantitative estimate of drug-likeness (QED) is 0.651. The molecule has 2 rings (SSSR count). The molecule has 2 heterocycles. The van der Waals surface area contributed by atoms with E-state index in [0.29, 0.717) is 11.5 Å². The van der Waals surface area contributed by atoms with E-state index >= 15 is 0 Å². The lowest BCUT2D eigenvalue weighted by molar-refractivity contribution is 0.0955. The first-order chi connectivity index (χ1) is 9.60. The van der Waals surface area contributed by atoms with Gasteiger partial charge in [-0.05, 0) is 30.5 Å². The van der Waals surface area contributed by atoms with E-state index in [1.54, 1.807) is 28.9 Å². The second-order valence-electron chi connectivity index (χ2n) is 4.75. The number of aryl methyl sites for hydroxylation is 1. The van der Waals surface area contributed by atoms with Crippen LogP contribution in [0.5, 0.6) is 0 Å². The zero-order chi connectivity index (χ0) is 14.5. The average molecular weight is 306 g/mol. The fourth-order valence-corrected chi connectivity index (χ4v) is 3.38. The summed E-state index contributed by atoms with van der Waals surface area (Å²) in [5.74, 6) is 0.292. The fourth-order valence-electron chi connectivity index (χ4n) is 1.65. The summed E-state index contributed by atoms with van der Waals surface area (Å²) in [6, 6.07) is 6.03. The molecule has 0 bridgehead atoms. The van der Waals surface area contributed by atoms with Crippen LogP contribution in [0.3, 0.4) is 0 Å². The largest absolute Gasteiger partial charge is 0.272 e. The lowest BCUT2D eigenvalue weighted by atomic mass is 10.1. The first-order valence-corrected chi connectivity index (χ1v) is 8.30. The Morgan fingerprint density at radius 3 is 2.85 bits per heavy atom. The third-order valence-corrected chi connectivity index (χ3v) is 5.24. The molecule has 0 radical (unpaired) electrons. The van der Waals surface area contributed by atoms with Crippen LogP contribution in [0.2, 0.25) is 0 Å². The summed E-state index contributed by atoms with van der Waals surface area (Å²) in [6.45, 7) is 6.36. The van der Waals surface area contributed by atoms with Gasteiger partial charge in [-0.2, -0.15) is 5.10 Å². The third kappa shape index (κ3) is 3.77. The number of nitrogens with one attached hydrogen (secondary N) is 1. The highest BCUT2D eigenvalue weighted by molar-refractivity contribution is 7.13. The van der Waals surface area contributed by atoms with Crippen LogP contribution in [-0.2, 0) is 6.42 Å². The Morgan fingerprint density at radius 1 is 1.45 bits per heavy atom. The minimum Gasteiger partial charge on any atom is -0.267 e. The molecule has 0 aliphatic heterocycles. The van der Waals surface area contributed by atoms with Crippen molar-refractivity contribution in [3.05, 3.63) is 43.8 Å². The number of nitrogens with zero attached hydrogens (tertiary/aromatic N) is 1. The van der Waals surface area contributed by atoms with Crippen molar-refractivity contribution in [3.63, 3.8) is 0 Å². The van der Waals surface area contributed by atoms with Crippen LogP contribution in [0.25, 0.3) is 0 Å². The number of amides is 1. The van der Waals surface area contributed by atoms with Gasteiger partial charge in [0, 0.05) is 20.0 Å². The van der Waals surface area contributed by atoms with Crippen LogP contribution >= 0.6 is 22.7 Å². The number of hydrazone groups is 1. The fraction of sp³-hybridized carbons (Fsp3) is 0.333. The summed E-state index contributed by atoms with van der Waals surface area (Å²) in [6.07, 6.45) is 2.72. The van der Waals surface area contributed by atoms with Gasteiger partial charge in [-0.25, -0.2) is 5.43 Å². The summed E-state index contributed by atoms with van der Waals surface area (Å²) in [7, 11) is 0. The summed E-state index contributed by atoms with van der Waals surface area (Å²) < 4.78 is 0. The lowest BCUT2D eigenvalue weighted by Crippen LogP contribution is -2.16. The van der Waals surface area contributed by atoms with E-state index in [4.69, 9.17) is 0 Å². The highest BCUT2D eigenvalue weighted by Gasteiger charge is 2.09. The standard InChI is InChI=1S/C15H18N2OS2/c1-4-12-5-6-13(20-12)8-16-17-15(18)11-7-14(10(2)3)19-9-11/h5-10H,4H2,1-3H3,(H,17,18)/b16-8-. The van der Waals surface area contributed by atoms with Crippen molar-refractivity contribution < 1.29 is 4.79 Å². The van der Waals surface area contributed by atoms with Gasteiger partial charge in [-0.1, -0.05) is 20.8 Å². The number of rotatable bonds is 5. The van der Waals surface area contributed by atoms with Crippen molar-refractivity contribution in [2.75, 3.05) is 0 Å². The predicted molar refractivity (Wildman–Crippen MR) is 87.2 cm³/mol. The van der Waals surface area contributed by atoms with Crippen LogP contribution in [0.4, 0.5) is 0 Å². The summed E-state index contributed by atoms with van der Waals surface area (Å²) >= 11 is 3.30. The van der Waals surface area contributed by atoms with E-state index in [9.17, 15) is 4.79 Å². The summed E-state index contributed by atoms with van der Waals surface area (Å²) in [5.41, 5.74) is 3.25. The number of thiophene rings is 2. The number of carbonyl (C=O) groups is 1. The maximum Gasteiger partial charge on any atom is 0.272 e. The second kappa shape index (κ2) is 6.81. The Morgan fingerprint density at radius 2 is 2.25 bits per heavy atom. The molecule has 2 aromatic rings.